The third-order valence-electron chi connectivity index (χ3n) is 6.54. The Morgan fingerprint density at radius 3 is 2.31 bits per heavy atom. The van der Waals surface area contributed by atoms with Crippen LogP contribution in [-0.2, 0) is 16.2 Å². The lowest BCUT2D eigenvalue weighted by Gasteiger charge is -2.40. The number of nitrogens with two attached hydrogens (primary N) is 1. The van der Waals surface area contributed by atoms with Gasteiger partial charge in [0.05, 0.1) is 6.10 Å². The van der Waals surface area contributed by atoms with Crippen molar-refractivity contribution in [1.82, 2.24) is 4.90 Å². The number of hydrogen-bond acceptors (Lipinski definition) is 5. The number of anilines is 1. The number of rotatable bonds is 12. The lowest BCUT2D eigenvalue weighted by Crippen LogP contribution is -2.47. The third-order valence-corrected chi connectivity index (χ3v) is 6.54. The molecule has 2 unspecified atom stereocenters. The smallest absolute Gasteiger partial charge is 0.222 e. The zero-order valence-corrected chi connectivity index (χ0v) is 20.9. The van der Waals surface area contributed by atoms with Crippen LogP contribution in [0.1, 0.15) is 51.5 Å². The molecule has 2 aromatic carbocycles. The predicted octanol–water partition coefficient (Wildman–Crippen LogP) is 3.74. The molecule has 7 heteroatoms. The van der Waals surface area contributed by atoms with E-state index in [9.17, 15) is 14.7 Å². The molecule has 7 nitrogen and oxygen atoms in total. The first-order valence-electron chi connectivity index (χ1n) is 12.6. The first-order chi connectivity index (χ1) is 16.8. The molecule has 0 bridgehead atoms. The van der Waals surface area contributed by atoms with Gasteiger partial charge >= 0.3 is 0 Å². The highest BCUT2D eigenvalue weighted by atomic mass is 16.5. The van der Waals surface area contributed by atoms with Gasteiger partial charge in [0.25, 0.3) is 0 Å². The Hall–Kier alpha value is -3.06. The number of aliphatic hydroxyl groups excluding tert-OH is 1. The molecule has 0 saturated carbocycles. The van der Waals surface area contributed by atoms with Gasteiger partial charge in [0.1, 0.15) is 12.4 Å². The maximum atomic E-state index is 12.7. The van der Waals surface area contributed by atoms with Crippen LogP contribution in [0.15, 0.2) is 54.6 Å². The van der Waals surface area contributed by atoms with E-state index in [1.807, 2.05) is 61.2 Å². The number of benzene rings is 2. The van der Waals surface area contributed by atoms with Crippen LogP contribution in [0.3, 0.4) is 0 Å². The van der Waals surface area contributed by atoms with E-state index in [0.717, 1.165) is 36.4 Å². The molecule has 1 aliphatic heterocycles. The van der Waals surface area contributed by atoms with Gasteiger partial charge < -0.3 is 25.4 Å². The van der Waals surface area contributed by atoms with Gasteiger partial charge in [-0.05, 0) is 61.9 Å². The molecule has 1 fully saturated rings. The summed E-state index contributed by atoms with van der Waals surface area (Å²) in [5.41, 5.74) is 7.48. The fourth-order valence-corrected chi connectivity index (χ4v) is 4.59. The summed E-state index contributed by atoms with van der Waals surface area (Å²) in [5, 5.41) is 9.90. The minimum atomic E-state index is -0.376. The van der Waals surface area contributed by atoms with E-state index in [1.165, 1.54) is 0 Å². The molecule has 1 aliphatic rings. The fourth-order valence-electron chi connectivity index (χ4n) is 4.59. The number of hydrogen-bond donors (Lipinski definition) is 2. The van der Waals surface area contributed by atoms with Crippen molar-refractivity contribution >= 4 is 17.5 Å². The molecule has 0 aromatic heterocycles. The van der Waals surface area contributed by atoms with Crippen LogP contribution >= 0.6 is 0 Å². The molecule has 0 aliphatic carbocycles. The Kier molecular flexibility index (Phi) is 9.97. The maximum absolute atomic E-state index is 12.7. The first kappa shape index (κ1) is 26.5. The standard InChI is InChI=1S/C28H39N3O4/c1-21(18-27(29)33)19-28(34)30-15-13-25(14-16-30)31(17-12-22(2)32)24-8-10-26(11-9-24)35-20-23-6-4-3-5-7-23/h3-11,21-22,25,32H,12-20H2,1-2H3,(H2,29,33). The molecular weight excluding hydrogens is 442 g/mol. The zero-order chi connectivity index (χ0) is 25.2. The number of nitrogens with zero attached hydrogens (tertiary/aromatic N) is 2. The number of ether oxygens (including phenoxy) is 1. The van der Waals surface area contributed by atoms with E-state index in [0.29, 0.717) is 32.5 Å². The fraction of sp³-hybridized carbons (Fsp3) is 0.500. The number of carbonyl (C=O) groups excluding carboxylic acids is 2. The Balaban J connectivity index is 1.58. The number of carbonyl (C=O) groups is 2. The molecule has 3 N–H and O–H groups in total. The van der Waals surface area contributed by atoms with Crippen molar-refractivity contribution in [3.8, 4) is 5.75 Å². The van der Waals surface area contributed by atoms with E-state index in [2.05, 4.69) is 17.0 Å². The van der Waals surface area contributed by atoms with Gasteiger partial charge in [-0.15, -0.1) is 0 Å². The normalized spacial score (nSPS) is 15.9. The van der Waals surface area contributed by atoms with Crippen molar-refractivity contribution in [3.63, 3.8) is 0 Å². The molecule has 1 heterocycles. The second-order valence-corrected chi connectivity index (χ2v) is 9.69. The predicted molar refractivity (Wildman–Crippen MR) is 138 cm³/mol. The van der Waals surface area contributed by atoms with Gasteiger partial charge in [0.2, 0.25) is 11.8 Å². The quantitative estimate of drug-likeness (QED) is 0.482. The van der Waals surface area contributed by atoms with Crippen molar-refractivity contribution in [1.29, 1.82) is 0 Å². The van der Waals surface area contributed by atoms with Crippen LogP contribution in [0.4, 0.5) is 5.69 Å². The molecule has 0 spiro atoms. The van der Waals surface area contributed by atoms with Crippen molar-refractivity contribution in [2.24, 2.45) is 11.7 Å². The lowest BCUT2D eigenvalue weighted by atomic mass is 9.98. The molecule has 2 aromatic rings. The minimum absolute atomic E-state index is 0.0390. The van der Waals surface area contributed by atoms with Crippen LogP contribution in [0.25, 0.3) is 0 Å². The highest BCUT2D eigenvalue weighted by Gasteiger charge is 2.28. The van der Waals surface area contributed by atoms with E-state index in [1.54, 1.807) is 0 Å². The molecule has 3 rings (SSSR count). The second-order valence-electron chi connectivity index (χ2n) is 9.69. The Morgan fingerprint density at radius 1 is 1.06 bits per heavy atom. The number of primary amides is 1. The molecule has 2 amide bonds. The van der Waals surface area contributed by atoms with Gasteiger partial charge in [-0.2, -0.15) is 0 Å². The topological polar surface area (TPSA) is 96.1 Å². The summed E-state index contributed by atoms with van der Waals surface area (Å²) in [4.78, 5) is 28.0. The zero-order valence-electron chi connectivity index (χ0n) is 20.9. The van der Waals surface area contributed by atoms with E-state index in [4.69, 9.17) is 10.5 Å². The molecule has 2 atom stereocenters. The average molecular weight is 482 g/mol. The highest BCUT2D eigenvalue weighted by molar-refractivity contribution is 5.78. The van der Waals surface area contributed by atoms with E-state index < -0.39 is 0 Å². The number of likely N-dealkylation sites (tertiary alicyclic amines) is 1. The SMILES string of the molecule is CC(O)CCN(c1ccc(OCc2ccccc2)cc1)C1CCN(C(=O)CC(C)CC(N)=O)CC1. The lowest BCUT2D eigenvalue weighted by molar-refractivity contribution is -0.133. The largest absolute Gasteiger partial charge is 0.489 e. The van der Waals surface area contributed by atoms with Crippen molar-refractivity contribution in [2.75, 3.05) is 24.5 Å². The van der Waals surface area contributed by atoms with Gasteiger partial charge in [0.15, 0.2) is 0 Å². The monoisotopic (exact) mass is 481 g/mol. The van der Waals surface area contributed by atoms with Crippen molar-refractivity contribution in [2.45, 2.75) is 64.7 Å². The van der Waals surface area contributed by atoms with Gasteiger partial charge in [0, 0.05) is 44.2 Å². The molecule has 190 valence electrons. The summed E-state index contributed by atoms with van der Waals surface area (Å²) < 4.78 is 5.93. The van der Waals surface area contributed by atoms with E-state index in [-0.39, 0.29) is 36.3 Å². The third kappa shape index (κ3) is 8.58. The number of amides is 2. The Bertz CT molecular complexity index is 925. The summed E-state index contributed by atoms with van der Waals surface area (Å²) in [6, 6.07) is 18.5. The summed E-state index contributed by atoms with van der Waals surface area (Å²) in [6.45, 7) is 6.35. The summed E-state index contributed by atoms with van der Waals surface area (Å²) in [7, 11) is 0. The second kappa shape index (κ2) is 13.1. The Morgan fingerprint density at radius 2 is 1.71 bits per heavy atom. The van der Waals surface area contributed by atoms with Crippen molar-refractivity contribution in [3.05, 3.63) is 60.2 Å². The van der Waals surface area contributed by atoms with Crippen LogP contribution < -0.4 is 15.4 Å². The van der Waals surface area contributed by atoms with Gasteiger partial charge in [-0.25, -0.2) is 0 Å². The van der Waals surface area contributed by atoms with Crippen LogP contribution in [0.5, 0.6) is 5.75 Å². The summed E-state index contributed by atoms with van der Waals surface area (Å²) in [6.07, 6.45) is 2.61. The van der Waals surface area contributed by atoms with Gasteiger partial charge in [-0.1, -0.05) is 37.3 Å². The van der Waals surface area contributed by atoms with Crippen LogP contribution in [-0.4, -0.2) is 53.6 Å². The van der Waals surface area contributed by atoms with Crippen LogP contribution in [0.2, 0.25) is 0 Å². The summed E-state index contributed by atoms with van der Waals surface area (Å²) >= 11 is 0. The highest BCUT2D eigenvalue weighted by Crippen LogP contribution is 2.27. The summed E-state index contributed by atoms with van der Waals surface area (Å²) in [5.74, 6) is 0.503. The van der Waals surface area contributed by atoms with E-state index >= 15 is 0 Å². The Labute approximate surface area is 208 Å². The molecule has 0 radical (unpaired) electrons. The van der Waals surface area contributed by atoms with Crippen molar-refractivity contribution < 1.29 is 19.4 Å². The molecule has 35 heavy (non-hydrogen) atoms. The number of piperidine rings is 1. The molecular formula is C28H39N3O4. The average Bonchev–Trinajstić information content (AvgIpc) is 2.84. The first-order valence-corrected chi connectivity index (χ1v) is 12.6. The van der Waals surface area contributed by atoms with Crippen LogP contribution in [0, 0.1) is 5.92 Å². The minimum Gasteiger partial charge on any atom is -0.489 e. The molecule has 1 saturated heterocycles. The van der Waals surface area contributed by atoms with Gasteiger partial charge in [-0.3, -0.25) is 9.59 Å². The maximum Gasteiger partial charge on any atom is 0.222 e. The number of aliphatic hydroxyl groups is 1.